The molecular weight excluding hydrogens is 475 g/mol. The van der Waals surface area contributed by atoms with Crippen LogP contribution < -0.4 is 19.4 Å². The molecule has 7 nitrogen and oxygen atoms in total. The van der Waals surface area contributed by atoms with Crippen molar-refractivity contribution in [2.24, 2.45) is 5.92 Å². The van der Waals surface area contributed by atoms with Gasteiger partial charge < -0.3 is 9.47 Å². The maximum Gasteiger partial charge on any atom is 0.266 e. The molecule has 3 aromatic rings. The first-order valence-electron chi connectivity index (χ1n) is 12.6. The predicted molar refractivity (Wildman–Crippen MR) is 137 cm³/mol. The summed E-state index contributed by atoms with van der Waals surface area (Å²) in [5.41, 5.74) is 1.34. The highest BCUT2D eigenvalue weighted by Gasteiger charge is 2.60. The van der Waals surface area contributed by atoms with Crippen molar-refractivity contribution in [2.75, 3.05) is 23.2 Å². The van der Waals surface area contributed by atoms with Crippen molar-refractivity contribution in [1.29, 1.82) is 0 Å². The fourth-order valence-corrected chi connectivity index (χ4v) is 4.85. The molecule has 2 aliphatic heterocycles. The van der Waals surface area contributed by atoms with Crippen molar-refractivity contribution in [3.05, 3.63) is 84.2 Å². The number of ether oxygens (including phenoxy) is 2. The zero-order valence-corrected chi connectivity index (χ0v) is 20.8. The van der Waals surface area contributed by atoms with Crippen LogP contribution in [0.1, 0.15) is 38.3 Å². The lowest BCUT2D eigenvalue weighted by molar-refractivity contribution is -0.126. The van der Waals surface area contributed by atoms with E-state index < -0.39 is 35.7 Å². The number of imide groups is 1. The number of rotatable bonds is 9. The minimum Gasteiger partial charge on any atom is -0.490 e. The smallest absolute Gasteiger partial charge is 0.266 e. The van der Waals surface area contributed by atoms with Gasteiger partial charge in [0.25, 0.3) is 5.91 Å². The number of benzene rings is 3. The number of carbonyl (C=O) groups is 2. The van der Waals surface area contributed by atoms with Crippen LogP contribution in [0.25, 0.3) is 0 Å². The van der Waals surface area contributed by atoms with Crippen LogP contribution >= 0.6 is 0 Å². The van der Waals surface area contributed by atoms with Crippen molar-refractivity contribution in [3.8, 4) is 11.5 Å². The zero-order chi connectivity index (χ0) is 25.9. The van der Waals surface area contributed by atoms with Crippen molar-refractivity contribution in [3.63, 3.8) is 0 Å². The SMILES string of the molecule is CCCCOc1ccc([C@H]2[C@@H]3C(=O)N(c4ccccc4F)C(=O)[C@H]3ON2c2ccccc2)cc1OCC. The van der Waals surface area contributed by atoms with Crippen LogP contribution in [0.5, 0.6) is 11.5 Å². The molecule has 8 heteroatoms. The van der Waals surface area contributed by atoms with Gasteiger partial charge in [-0.2, -0.15) is 0 Å². The molecule has 3 atom stereocenters. The third-order valence-electron chi connectivity index (χ3n) is 6.58. The van der Waals surface area contributed by atoms with Crippen molar-refractivity contribution in [1.82, 2.24) is 0 Å². The Kier molecular flexibility index (Phi) is 7.10. The van der Waals surface area contributed by atoms with E-state index in [1.54, 1.807) is 11.1 Å². The van der Waals surface area contributed by atoms with Gasteiger partial charge in [0.05, 0.1) is 30.6 Å². The standard InChI is InChI=1S/C29H29FN2O5/c1-3-5-17-36-23-16-15-19(18-24(23)35-4-2)26-25-27(37-32(26)20-11-7-6-8-12-20)29(34)31(28(25)33)22-14-10-9-13-21(22)30/h6-16,18,25-27H,3-5,17H2,1-2H3/t25-,26-,27-/m0/s1. The Morgan fingerprint density at radius 3 is 2.38 bits per heavy atom. The van der Waals surface area contributed by atoms with Crippen molar-refractivity contribution < 1.29 is 28.3 Å². The number of hydrogen-bond acceptors (Lipinski definition) is 6. The second-order valence-electron chi connectivity index (χ2n) is 8.96. The molecule has 3 aromatic carbocycles. The first-order chi connectivity index (χ1) is 18.0. The summed E-state index contributed by atoms with van der Waals surface area (Å²) in [6.07, 6.45) is 0.830. The van der Waals surface area contributed by atoms with Gasteiger partial charge in [-0.1, -0.05) is 49.7 Å². The lowest BCUT2D eigenvalue weighted by atomic mass is 9.90. The molecule has 5 rings (SSSR count). The normalized spacial score (nSPS) is 20.9. The monoisotopic (exact) mass is 504 g/mol. The molecule has 0 saturated carbocycles. The maximum absolute atomic E-state index is 14.6. The fraction of sp³-hybridized carbons (Fsp3) is 0.310. The molecular formula is C29H29FN2O5. The molecule has 0 bridgehead atoms. The summed E-state index contributed by atoms with van der Waals surface area (Å²) < 4.78 is 26.4. The molecule has 2 fully saturated rings. The number of unbranched alkanes of at least 4 members (excludes halogenated alkanes) is 1. The number of nitrogens with zero attached hydrogens (tertiary/aromatic N) is 2. The van der Waals surface area contributed by atoms with Gasteiger partial charge in [-0.3, -0.25) is 14.4 Å². The van der Waals surface area contributed by atoms with Crippen LogP contribution in [0, 0.1) is 11.7 Å². The third kappa shape index (κ3) is 4.53. The van der Waals surface area contributed by atoms with Crippen LogP contribution in [0.2, 0.25) is 0 Å². The van der Waals surface area contributed by atoms with E-state index in [1.807, 2.05) is 55.5 Å². The Hall–Kier alpha value is -3.91. The summed E-state index contributed by atoms with van der Waals surface area (Å²) in [4.78, 5) is 34.2. The molecule has 192 valence electrons. The summed E-state index contributed by atoms with van der Waals surface area (Å²) in [6, 6.07) is 19.9. The number of fused-ring (bicyclic) bond motifs is 1. The number of hydroxylamine groups is 1. The third-order valence-corrected chi connectivity index (χ3v) is 6.58. The first kappa shape index (κ1) is 24.8. The molecule has 0 unspecified atom stereocenters. The second-order valence-corrected chi connectivity index (χ2v) is 8.96. The Morgan fingerprint density at radius 1 is 0.892 bits per heavy atom. The van der Waals surface area contributed by atoms with E-state index in [4.69, 9.17) is 14.3 Å². The highest BCUT2D eigenvalue weighted by Crippen LogP contribution is 2.49. The first-order valence-corrected chi connectivity index (χ1v) is 12.6. The predicted octanol–water partition coefficient (Wildman–Crippen LogP) is 5.45. The van der Waals surface area contributed by atoms with E-state index in [0.29, 0.717) is 30.4 Å². The highest BCUT2D eigenvalue weighted by molar-refractivity contribution is 6.24. The van der Waals surface area contributed by atoms with Crippen LogP contribution in [-0.4, -0.2) is 31.1 Å². The maximum atomic E-state index is 14.6. The minimum absolute atomic E-state index is 0.0739. The lowest BCUT2D eigenvalue weighted by Crippen LogP contribution is -2.37. The number of hydrogen-bond donors (Lipinski definition) is 0. The van der Waals surface area contributed by atoms with Crippen molar-refractivity contribution in [2.45, 2.75) is 38.8 Å². The van der Waals surface area contributed by atoms with Gasteiger partial charge in [-0.25, -0.2) is 14.4 Å². The molecule has 2 aliphatic rings. The summed E-state index contributed by atoms with van der Waals surface area (Å²) in [5.74, 6) is -1.46. The molecule has 2 saturated heterocycles. The van der Waals surface area contributed by atoms with E-state index in [9.17, 15) is 14.0 Å². The van der Waals surface area contributed by atoms with Gasteiger partial charge >= 0.3 is 0 Å². The Bertz CT molecular complexity index is 1280. The molecule has 0 aliphatic carbocycles. The Morgan fingerprint density at radius 2 is 1.65 bits per heavy atom. The Labute approximate surface area is 215 Å². The number of amides is 2. The van der Waals surface area contributed by atoms with E-state index in [1.165, 1.54) is 18.2 Å². The topological polar surface area (TPSA) is 68.3 Å². The van der Waals surface area contributed by atoms with E-state index in [0.717, 1.165) is 23.3 Å². The zero-order valence-electron chi connectivity index (χ0n) is 20.8. The number of halogens is 1. The largest absolute Gasteiger partial charge is 0.490 e. The van der Waals surface area contributed by atoms with E-state index >= 15 is 0 Å². The molecule has 0 N–H and O–H groups in total. The van der Waals surface area contributed by atoms with Crippen LogP contribution in [0.3, 0.4) is 0 Å². The van der Waals surface area contributed by atoms with Gasteiger partial charge in [0, 0.05) is 0 Å². The summed E-state index contributed by atoms with van der Waals surface area (Å²) in [6.45, 7) is 4.98. The van der Waals surface area contributed by atoms with Crippen LogP contribution in [-0.2, 0) is 14.4 Å². The van der Waals surface area contributed by atoms with Crippen LogP contribution in [0.4, 0.5) is 15.8 Å². The molecule has 0 spiro atoms. The quantitative estimate of drug-likeness (QED) is 0.285. The van der Waals surface area contributed by atoms with Gasteiger partial charge in [-0.05, 0) is 55.3 Å². The van der Waals surface area contributed by atoms with Gasteiger partial charge in [0.2, 0.25) is 5.91 Å². The summed E-state index contributed by atoms with van der Waals surface area (Å²) in [7, 11) is 0. The van der Waals surface area contributed by atoms with Gasteiger partial charge in [-0.15, -0.1) is 0 Å². The fourth-order valence-electron chi connectivity index (χ4n) is 4.85. The number of carbonyl (C=O) groups excluding carboxylic acids is 2. The minimum atomic E-state index is -1.09. The Balaban J connectivity index is 1.56. The summed E-state index contributed by atoms with van der Waals surface area (Å²) >= 11 is 0. The second kappa shape index (κ2) is 10.6. The molecule has 37 heavy (non-hydrogen) atoms. The van der Waals surface area contributed by atoms with Crippen molar-refractivity contribution >= 4 is 23.2 Å². The molecule has 2 amide bonds. The lowest BCUT2D eigenvalue weighted by Gasteiger charge is -2.29. The van der Waals surface area contributed by atoms with Gasteiger partial charge in [0.15, 0.2) is 17.6 Å². The van der Waals surface area contributed by atoms with Crippen LogP contribution in [0.15, 0.2) is 72.8 Å². The van der Waals surface area contributed by atoms with Gasteiger partial charge in [0.1, 0.15) is 11.7 Å². The average Bonchev–Trinajstić information content (AvgIpc) is 3.42. The molecule has 0 aromatic heterocycles. The number of para-hydroxylation sites is 2. The molecule has 2 heterocycles. The molecule has 0 radical (unpaired) electrons. The summed E-state index contributed by atoms with van der Waals surface area (Å²) in [5, 5.41) is 1.60. The average molecular weight is 505 g/mol. The van der Waals surface area contributed by atoms with E-state index in [2.05, 4.69) is 6.92 Å². The number of anilines is 2. The highest BCUT2D eigenvalue weighted by atomic mass is 19.1. The van der Waals surface area contributed by atoms with E-state index in [-0.39, 0.29) is 5.69 Å².